The van der Waals surface area contributed by atoms with Gasteiger partial charge in [-0.15, -0.1) is 23.5 Å². The van der Waals surface area contributed by atoms with Gasteiger partial charge in [-0.1, -0.05) is 70.8 Å². The molecule has 0 aliphatic heterocycles. The van der Waals surface area contributed by atoms with Crippen molar-refractivity contribution in [3.63, 3.8) is 0 Å². The van der Waals surface area contributed by atoms with E-state index in [2.05, 4.69) is 37.8 Å². The molecular weight excluding hydrogens is 675 g/mol. The van der Waals surface area contributed by atoms with Gasteiger partial charge in [-0.25, -0.2) is 4.79 Å². The predicted octanol–water partition coefficient (Wildman–Crippen LogP) is 9.87. The Balaban J connectivity index is 1.63. The first-order valence-electron chi connectivity index (χ1n) is 12.8. The fraction of sp³-hybridized carbons (Fsp3) is 0.125. The lowest BCUT2D eigenvalue weighted by atomic mass is 10.0. The minimum absolute atomic E-state index is 0.0243. The van der Waals surface area contributed by atoms with E-state index in [1.54, 1.807) is 23.5 Å². The first kappa shape index (κ1) is 30.6. The van der Waals surface area contributed by atoms with Crippen LogP contribution in [0.5, 0.6) is 0 Å². The van der Waals surface area contributed by atoms with Gasteiger partial charge in [-0.05, 0) is 76.1 Å². The quantitative estimate of drug-likeness (QED) is 0.0478. The number of oxime groups is 1. The van der Waals surface area contributed by atoms with Crippen LogP contribution in [0, 0.1) is 0 Å². The van der Waals surface area contributed by atoms with Crippen LogP contribution in [0.4, 0.5) is 0 Å². The largest absolute Gasteiger partial charge is 0.464 e. The molecule has 0 spiro atoms. The number of carbonyl (C=O) groups is 1. The summed E-state index contributed by atoms with van der Waals surface area (Å²) in [6.45, 7) is 0.473. The highest BCUT2D eigenvalue weighted by atomic mass is 79.9. The molecular formula is C32H25BrCl2N2O3S2. The Morgan fingerprint density at radius 3 is 2.02 bits per heavy atom. The lowest BCUT2D eigenvalue weighted by Gasteiger charge is -2.18. The van der Waals surface area contributed by atoms with Crippen LogP contribution in [-0.2, 0) is 20.9 Å². The minimum atomic E-state index is -0.569. The van der Waals surface area contributed by atoms with Crippen molar-refractivity contribution >= 4 is 85.2 Å². The van der Waals surface area contributed by atoms with Gasteiger partial charge in [-0.2, -0.15) is 0 Å². The summed E-state index contributed by atoms with van der Waals surface area (Å²) >= 11 is 19.9. The smallest absolute Gasteiger partial charge is 0.360 e. The second-order valence-electron chi connectivity index (χ2n) is 9.05. The third kappa shape index (κ3) is 6.84. The Labute approximate surface area is 271 Å². The predicted molar refractivity (Wildman–Crippen MR) is 178 cm³/mol. The number of nitrogens with zero attached hydrogens (tertiary/aromatic N) is 2. The van der Waals surface area contributed by atoms with E-state index in [0.29, 0.717) is 22.2 Å². The van der Waals surface area contributed by atoms with Crippen molar-refractivity contribution in [2.75, 3.05) is 14.2 Å². The van der Waals surface area contributed by atoms with Gasteiger partial charge in [0.05, 0.1) is 16.3 Å². The average Bonchev–Trinajstić information content (AvgIpc) is 3.28. The van der Waals surface area contributed by atoms with Crippen LogP contribution in [-0.4, -0.2) is 30.5 Å². The maximum atomic E-state index is 12.6. The molecule has 5 aromatic rings. The number of hydrogen-bond acceptors (Lipinski definition) is 6. The van der Waals surface area contributed by atoms with E-state index in [-0.39, 0.29) is 10.3 Å². The van der Waals surface area contributed by atoms with Crippen molar-refractivity contribution in [1.29, 1.82) is 0 Å². The van der Waals surface area contributed by atoms with E-state index in [1.165, 1.54) is 14.2 Å². The molecule has 0 N–H and O–H groups in total. The summed E-state index contributed by atoms with van der Waals surface area (Å²) < 4.78 is 8.12. The number of carbonyl (C=O) groups excluding carboxylic acids is 1. The number of methoxy groups -OCH3 is 1. The fourth-order valence-corrected chi connectivity index (χ4v) is 8.50. The molecule has 5 nitrogen and oxygen atoms in total. The first-order valence-corrected chi connectivity index (χ1v) is 16.1. The van der Waals surface area contributed by atoms with E-state index in [9.17, 15) is 4.79 Å². The second kappa shape index (κ2) is 14.1. The van der Waals surface area contributed by atoms with E-state index in [4.69, 9.17) is 32.8 Å². The Kier molecular flexibility index (Phi) is 10.2. The molecule has 214 valence electrons. The number of para-hydroxylation sites is 1. The summed E-state index contributed by atoms with van der Waals surface area (Å²) in [6.07, 6.45) is 0. The summed E-state index contributed by atoms with van der Waals surface area (Å²) in [5, 5.41) is 6.50. The lowest BCUT2D eigenvalue weighted by Crippen LogP contribution is -2.20. The number of ether oxygens (including phenoxy) is 1. The molecule has 0 bridgehead atoms. The molecule has 0 fully saturated rings. The summed E-state index contributed by atoms with van der Waals surface area (Å²) in [5.74, 6) is -0.569. The zero-order valence-electron chi connectivity index (χ0n) is 22.6. The molecule has 0 saturated heterocycles. The van der Waals surface area contributed by atoms with Crippen LogP contribution < -0.4 is 0 Å². The Morgan fingerprint density at radius 1 is 0.857 bits per heavy atom. The number of esters is 1. The molecule has 0 radical (unpaired) electrons. The Bertz CT molecular complexity index is 1690. The highest BCUT2D eigenvalue weighted by Crippen LogP contribution is 2.52. The molecule has 10 heteroatoms. The molecule has 1 heterocycles. The van der Waals surface area contributed by atoms with Crippen LogP contribution in [0.1, 0.15) is 21.3 Å². The van der Waals surface area contributed by atoms with Gasteiger partial charge in [0, 0.05) is 48.4 Å². The molecule has 1 aromatic heterocycles. The number of aromatic nitrogens is 1. The first-order chi connectivity index (χ1) is 20.4. The number of thioether (sulfide) groups is 2. The maximum Gasteiger partial charge on any atom is 0.360 e. The Hall–Kier alpha value is -2.88. The average molecular weight is 701 g/mol. The van der Waals surface area contributed by atoms with Gasteiger partial charge in [0.2, 0.25) is 0 Å². The zero-order chi connectivity index (χ0) is 29.6. The number of hydrogen-bond donors (Lipinski definition) is 0. The van der Waals surface area contributed by atoms with E-state index in [0.717, 1.165) is 36.4 Å². The summed E-state index contributed by atoms with van der Waals surface area (Å²) in [6, 6.07) is 31.7. The summed E-state index contributed by atoms with van der Waals surface area (Å²) in [7, 11) is 2.74. The number of rotatable bonds is 10. The lowest BCUT2D eigenvalue weighted by molar-refractivity contribution is -0.132. The van der Waals surface area contributed by atoms with Crippen LogP contribution in [0.3, 0.4) is 0 Å². The number of benzene rings is 4. The highest BCUT2D eigenvalue weighted by molar-refractivity contribution is 9.10. The third-order valence-electron chi connectivity index (χ3n) is 6.46. The molecule has 4 aromatic carbocycles. The summed E-state index contributed by atoms with van der Waals surface area (Å²) in [4.78, 5) is 19.8. The topological polar surface area (TPSA) is 52.8 Å². The second-order valence-corrected chi connectivity index (χ2v) is 13.3. The van der Waals surface area contributed by atoms with Gasteiger partial charge in [0.1, 0.15) is 7.11 Å². The van der Waals surface area contributed by atoms with Crippen molar-refractivity contribution in [2.45, 2.75) is 20.9 Å². The van der Waals surface area contributed by atoms with E-state index in [1.807, 2.05) is 84.9 Å². The van der Waals surface area contributed by atoms with Crippen LogP contribution >= 0.6 is 62.7 Å². The third-order valence-corrected chi connectivity index (χ3v) is 10.4. The molecule has 0 saturated carbocycles. The van der Waals surface area contributed by atoms with Crippen molar-refractivity contribution < 1.29 is 14.4 Å². The van der Waals surface area contributed by atoms with Gasteiger partial charge >= 0.3 is 5.97 Å². The monoisotopic (exact) mass is 698 g/mol. The number of halogens is 3. The standard InChI is InChI=1S/C32H25BrCl2N2O3S2/c1-39-31(38)29(36-40-2)25-8-4-3-7-20(25)19-37-27-10-6-5-9-26(27)28(30(37)33)32(41-23-15-11-21(34)12-16-23)42-24-17-13-22(35)14-18-24/h3-18,32H,19H2,1-2H3/b36-29+. The van der Waals surface area contributed by atoms with Crippen LogP contribution in [0.25, 0.3) is 10.9 Å². The molecule has 5 rings (SSSR count). The minimum Gasteiger partial charge on any atom is -0.464 e. The maximum absolute atomic E-state index is 12.6. The molecule has 0 amide bonds. The van der Waals surface area contributed by atoms with E-state index < -0.39 is 5.97 Å². The van der Waals surface area contributed by atoms with E-state index >= 15 is 0 Å². The molecule has 0 unspecified atom stereocenters. The normalized spacial score (nSPS) is 11.7. The van der Waals surface area contributed by atoms with Gasteiger partial charge in [-0.3, -0.25) is 0 Å². The number of fused-ring (bicyclic) bond motifs is 1. The van der Waals surface area contributed by atoms with Crippen molar-refractivity contribution in [3.8, 4) is 0 Å². The highest BCUT2D eigenvalue weighted by Gasteiger charge is 2.26. The van der Waals surface area contributed by atoms with Gasteiger partial charge < -0.3 is 14.1 Å². The molecule has 0 aliphatic rings. The van der Waals surface area contributed by atoms with Gasteiger partial charge in [0.15, 0.2) is 5.71 Å². The zero-order valence-corrected chi connectivity index (χ0v) is 27.3. The molecule has 0 aliphatic carbocycles. The van der Waals surface area contributed by atoms with Crippen molar-refractivity contribution in [3.05, 3.63) is 128 Å². The molecule has 0 atom stereocenters. The van der Waals surface area contributed by atoms with Crippen LogP contribution in [0.2, 0.25) is 10.0 Å². The SMILES string of the molecule is CO/N=C(/C(=O)OC)c1ccccc1Cn1c(Br)c(C(Sc2ccc(Cl)cc2)Sc2ccc(Cl)cc2)c2ccccc21. The fourth-order valence-electron chi connectivity index (χ4n) is 4.54. The van der Waals surface area contributed by atoms with Gasteiger partial charge in [0.25, 0.3) is 0 Å². The van der Waals surface area contributed by atoms with Crippen molar-refractivity contribution in [1.82, 2.24) is 4.57 Å². The van der Waals surface area contributed by atoms with Crippen molar-refractivity contribution in [2.24, 2.45) is 5.16 Å². The van der Waals surface area contributed by atoms with Crippen LogP contribution in [0.15, 0.2) is 117 Å². The Morgan fingerprint density at radius 2 is 1.43 bits per heavy atom. The summed E-state index contributed by atoms with van der Waals surface area (Å²) in [5.41, 5.74) is 3.83. The molecule has 42 heavy (non-hydrogen) atoms.